The van der Waals surface area contributed by atoms with Crippen LogP contribution in [0, 0.1) is 53.3 Å². The minimum Gasteiger partial charge on any atom is -0.386 e. The van der Waals surface area contributed by atoms with E-state index in [1.54, 1.807) is 11.1 Å². The molecule has 5 rings (SSSR count). The summed E-state index contributed by atoms with van der Waals surface area (Å²) in [6.07, 6.45) is 23.3. The van der Waals surface area contributed by atoms with E-state index >= 15 is 0 Å². The van der Waals surface area contributed by atoms with Gasteiger partial charge in [-0.2, -0.15) is 0 Å². The molecule has 0 radical (unpaired) electrons. The number of amides is 1. The highest BCUT2D eigenvalue weighted by Gasteiger charge is 2.45. The highest BCUT2D eigenvalue weighted by Crippen LogP contribution is 2.53. The van der Waals surface area contributed by atoms with Gasteiger partial charge in [0.25, 0.3) is 0 Å². The quantitative estimate of drug-likeness (QED) is 0.109. The van der Waals surface area contributed by atoms with Crippen LogP contribution in [0.15, 0.2) is 52.7 Å². The van der Waals surface area contributed by atoms with Crippen molar-refractivity contribution in [1.82, 2.24) is 10.2 Å². The minimum absolute atomic E-state index is 0.0542. The van der Waals surface area contributed by atoms with Gasteiger partial charge in [0, 0.05) is 25.2 Å². The van der Waals surface area contributed by atoms with E-state index in [0.29, 0.717) is 53.9 Å². The van der Waals surface area contributed by atoms with Gasteiger partial charge in [-0.25, -0.2) is 0 Å². The van der Waals surface area contributed by atoms with Crippen LogP contribution in [0.5, 0.6) is 0 Å². The summed E-state index contributed by atoms with van der Waals surface area (Å²) in [6.45, 7) is 18.8. The van der Waals surface area contributed by atoms with Gasteiger partial charge in [0.15, 0.2) is 0 Å². The third-order valence-electron chi connectivity index (χ3n) is 15.6. The normalized spacial score (nSPS) is 22.5. The third kappa shape index (κ3) is 11.1. The standard InChI is InChI=1S/C51H84N2O2/c1-10-35(5)20-15-31-44(45(39-23-16-24-39)33-46(40-25-17-26-40)50(36(6)11-2)53(9)47(54)32-34(3)4)48(41-27-18-28-41)37(7)49(42-29-19-30-42)52-38(8)51(55)43-21-13-12-14-22-43/h12-14,21-22,34-38,40-41,44,46,48,50-52,55H,10-11,15-20,23-33H2,1-9H3/t35-,36?,37?,38?,44?,46?,48?,50?,51?/m1/s1. The van der Waals surface area contributed by atoms with E-state index in [1.165, 1.54) is 115 Å². The van der Waals surface area contributed by atoms with Crippen molar-refractivity contribution >= 4 is 5.91 Å². The minimum atomic E-state index is -0.540. The Morgan fingerprint density at radius 1 is 0.800 bits per heavy atom. The number of carbonyl (C=O) groups is 1. The number of carbonyl (C=O) groups excluding carboxylic acids is 1. The number of hydrogen-bond acceptors (Lipinski definition) is 3. The summed E-state index contributed by atoms with van der Waals surface area (Å²) in [5.74, 6) is 5.62. The van der Waals surface area contributed by atoms with Gasteiger partial charge in [0.1, 0.15) is 0 Å². The number of benzene rings is 1. The van der Waals surface area contributed by atoms with Crippen LogP contribution in [0.25, 0.3) is 0 Å². The molecule has 0 aliphatic heterocycles. The zero-order valence-corrected chi connectivity index (χ0v) is 37.1. The summed E-state index contributed by atoms with van der Waals surface area (Å²) in [5, 5.41) is 15.7. The van der Waals surface area contributed by atoms with Crippen molar-refractivity contribution in [3.63, 3.8) is 0 Å². The lowest BCUT2D eigenvalue weighted by Crippen LogP contribution is -2.50. The smallest absolute Gasteiger partial charge is 0.222 e. The van der Waals surface area contributed by atoms with Gasteiger partial charge in [-0.05, 0) is 117 Å². The second-order valence-electron chi connectivity index (χ2n) is 19.8. The molecule has 1 amide bonds. The Hall–Kier alpha value is -2.07. The van der Waals surface area contributed by atoms with Crippen LogP contribution in [0.1, 0.15) is 189 Å². The molecule has 4 aliphatic carbocycles. The number of rotatable bonds is 23. The average molecular weight is 757 g/mol. The summed E-state index contributed by atoms with van der Waals surface area (Å²) in [5.41, 5.74) is 7.74. The van der Waals surface area contributed by atoms with Crippen molar-refractivity contribution in [2.45, 2.75) is 196 Å². The summed E-state index contributed by atoms with van der Waals surface area (Å²) >= 11 is 0. The van der Waals surface area contributed by atoms with Gasteiger partial charge in [-0.3, -0.25) is 4.79 Å². The first kappa shape index (κ1) is 44.0. The Bertz CT molecular complexity index is 1380. The first-order valence-electron chi connectivity index (χ1n) is 23.6. The van der Waals surface area contributed by atoms with Crippen LogP contribution in [0.2, 0.25) is 0 Å². The maximum Gasteiger partial charge on any atom is 0.222 e. The molecule has 4 saturated carbocycles. The molecule has 8 unspecified atom stereocenters. The Labute approximate surface area is 339 Å². The molecule has 55 heavy (non-hydrogen) atoms. The van der Waals surface area contributed by atoms with E-state index < -0.39 is 6.10 Å². The maximum absolute atomic E-state index is 13.9. The fraction of sp³-hybridized carbons (Fsp3) is 0.784. The molecule has 9 atom stereocenters. The van der Waals surface area contributed by atoms with Crippen molar-refractivity contribution in [2.75, 3.05) is 7.05 Å². The first-order valence-corrected chi connectivity index (χ1v) is 23.6. The van der Waals surface area contributed by atoms with Crippen LogP contribution < -0.4 is 5.32 Å². The molecule has 1 aromatic carbocycles. The molecule has 310 valence electrons. The molecule has 4 nitrogen and oxygen atoms in total. The average Bonchev–Trinajstić information content (AvgIpc) is 3.08. The van der Waals surface area contributed by atoms with Gasteiger partial charge in [-0.1, -0.05) is 160 Å². The number of aliphatic hydroxyl groups excluding tert-OH is 1. The van der Waals surface area contributed by atoms with Crippen LogP contribution in [-0.2, 0) is 4.79 Å². The topological polar surface area (TPSA) is 52.6 Å². The molecule has 4 heteroatoms. The fourth-order valence-corrected chi connectivity index (χ4v) is 10.9. The molecular formula is C51H84N2O2. The Balaban J connectivity index is 1.55. The predicted octanol–water partition coefficient (Wildman–Crippen LogP) is 13.2. The highest BCUT2D eigenvalue weighted by atomic mass is 16.3. The van der Waals surface area contributed by atoms with Gasteiger partial charge < -0.3 is 15.3 Å². The van der Waals surface area contributed by atoms with Crippen LogP contribution in [0.3, 0.4) is 0 Å². The van der Waals surface area contributed by atoms with E-state index in [9.17, 15) is 9.90 Å². The molecule has 4 aliphatic rings. The number of aliphatic hydroxyl groups is 1. The number of hydrogen-bond donors (Lipinski definition) is 2. The van der Waals surface area contributed by atoms with Gasteiger partial charge in [-0.15, -0.1) is 0 Å². The van der Waals surface area contributed by atoms with Crippen molar-refractivity contribution < 1.29 is 9.90 Å². The number of nitrogens with zero attached hydrogens (tertiary/aromatic N) is 1. The zero-order chi connectivity index (χ0) is 39.6. The third-order valence-corrected chi connectivity index (χ3v) is 15.6. The molecule has 0 aromatic heterocycles. The second-order valence-corrected chi connectivity index (χ2v) is 19.8. The summed E-state index contributed by atoms with van der Waals surface area (Å²) < 4.78 is 0. The molecule has 0 bridgehead atoms. The molecule has 0 spiro atoms. The Morgan fingerprint density at radius 2 is 1.42 bits per heavy atom. The SMILES string of the molecule is CCC(C)C(C(CC(=C1CCC1)C(CCC[C@H](C)CC)C(C1CCC1)C(C)C(NC(C)C(O)c1ccccc1)=C1CCC1)C1CCC1)N(C)C(=O)CC(C)C. The van der Waals surface area contributed by atoms with Crippen LogP contribution in [0.4, 0.5) is 0 Å². The van der Waals surface area contributed by atoms with Gasteiger partial charge in [0.2, 0.25) is 5.91 Å². The van der Waals surface area contributed by atoms with E-state index in [-0.39, 0.29) is 6.04 Å². The Kier molecular flexibility index (Phi) is 16.9. The van der Waals surface area contributed by atoms with Crippen molar-refractivity contribution in [3.05, 3.63) is 58.3 Å². The van der Waals surface area contributed by atoms with Gasteiger partial charge >= 0.3 is 0 Å². The molecule has 0 heterocycles. The fourth-order valence-electron chi connectivity index (χ4n) is 10.9. The number of nitrogens with one attached hydrogen (secondary N) is 1. The second kappa shape index (κ2) is 21.1. The monoisotopic (exact) mass is 757 g/mol. The zero-order valence-electron chi connectivity index (χ0n) is 37.1. The molecule has 2 N–H and O–H groups in total. The largest absolute Gasteiger partial charge is 0.386 e. The summed E-state index contributed by atoms with van der Waals surface area (Å²) in [6, 6.07) is 10.5. The van der Waals surface area contributed by atoms with Crippen molar-refractivity contribution in [3.8, 4) is 0 Å². The van der Waals surface area contributed by atoms with Gasteiger partial charge in [0.05, 0.1) is 12.1 Å². The lowest BCUT2D eigenvalue weighted by atomic mass is 9.58. The van der Waals surface area contributed by atoms with E-state index in [1.807, 2.05) is 23.8 Å². The van der Waals surface area contributed by atoms with Crippen LogP contribution >= 0.6 is 0 Å². The summed E-state index contributed by atoms with van der Waals surface area (Å²) in [4.78, 5) is 16.2. The summed E-state index contributed by atoms with van der Waals surface area (Å²) in [7, 11) is 2.17. The predicted molar refractivity (Wildman–Crippen MR) is 233 cm³/mol. The molecule has 4 fully saturated rings. The Morgan fingerprint density at radius 3 is 1.91 bits per heavy atom. The number of allylic oxidation sites excluding steroid dienone is 4. The molecule has 0 saturated heterocycles. The lowest BCUT2D eigenvalue weighted by molar-refractivity contribution is -0.136. The maximum atomic E-state index is 13.9. The van der Waals surface area contributed by atoms with Crippen LogP contribution in [-0.4, -0.2) is 35.0 Å². The van der Waals surface area contributed by atoms with Crippen molar-refractivity contribution in [1.29, 1.82) is 0 Å². The lowest BCUT2D eigenvalue weighted by Gasteiger charge is -2.49. The first-order chi connectivity index (χ1) is 26.4. The van der Waals surface area contributed by atoms with E-state index in [2.05, 4.69) is 84.8 Å². The molecular weight excluding hydrogens is 673 g/mol. The molecule has 1 aromatic rings. The van der Waals surface area contributed by atoms with E-state index in [4.69, 9.17) is 0 Å². The van der Waals surface area contributed by atoms with E-state index in [0.717, 1.165) is 29.7 Å². The highest BCUT2D eigenvalue weighted by molar-refractivity contribution is 5.76. The van der Waals surface area contributed by atoms with Crippen molar-refractivity contribution in [2.24, 2.45) is 53.3 Å².